The van der Waals surface area contributed by atoms with Crippen molar-refractivity contribution in [3.8, 4) is 5.75 Å². The minimum absolute atomic E-state index is 0.0803. The van der Waals surface area contributed by atoms with Crippen LogP contribution in [0.1, 0.15) is 24.0 Å². The fourth-order valence-corrected chi connectivity index (χ4v) is 3.25. The number of nitro benzene ring substituents is 1. The number of carbonyl (C=O) groups is 3. The molecule has 2 rings (SSSR count). The highest BCUT2D eigenvalue weighted by molar-refractivity contribution is 5.94. The highest BCUT2D eigenvalue weighted by Gasteiger charge is 2.17. The Morgan fingerprint density at radius 1 is 1.08 bits per heavy atom. The van der Waals surface area contributed by atoms with Crippen molar-refractivity contribution in [2.24, 2.45) is 5.73 Å². The van der Waals surface area contributed by atoms with Gasteiger partial charge in [-0.15, -0.1) is 0 Å². The molecule has 0 aromatic heterocycles. The SMILES string of the molecule is CNCc1cc(NC(=O)C(CCCNC(N)=O)NC)ccc1COC(=O)Oc1ccc([N+](=O)[O-])cc1. The van der Waals surface area contributed by atoms with Crippen LogP contribution < -0.4 is 31.7 Å². The number of nitrogens with zero attached hydrogens (tertiary/aromatic N) is 1. The van der Waals surface area contributed by atoms with Crippen molar-refractivity contribution in [1.29, 1.82) is 0 Å². The van der Waals surface area contributed by atoms with E-state index in [4.69, 9.17) is 15.2 Å². The molecule has 36 heavy (non-hydrogen) atoms. The van der Waals surface area contributed by atoms with Crippen LogP contribution in [0.4, 0.5) is 21.0 Å². The second-order valence-electron chi connectivity index (χ2n) is 7.67. The lowest BCUT2D eigenvalue weighted by atomic mass is 10.1. The summed E-state index contributed by atoms with van der Waals surface area (Å²) in [5.41, 5.74) is 6.98. The van der Waals surface area contributed by atoms with Crippen molar-refractivity contribution in [3.63, 3.8) is 0 Å². The number of hydrogen-bond acceptors (Lipinski definition) is 9. The predicted molar refractivity (Wildman–Crippen MR) is 131 cm³/mol. The number of nitrogens with two attached hydrogens (primary N) is 1. The Morgan fingerprint density at radius 2 is 1.81 bits per heavy atom. The number of anilines is 1. The van der Waals surface area contributed by atoms with Crippen LogP contribution >= 0.6 is 0 Å². The van der Waals surface area contributed by atoms with Crippen LogP contribution in [-0.4, -0.2) is 49.7 Å². The maximum Gasteiger partial charge on any atom is 0.514 e. The highest BCUT2D eigenvalue weighted by Crippen LogP contribution is 2.20. The van der Waals surface area contributed by atoms with E-state index in [1.54, 1.807) is 32.3 Å². The van der Waals surface area contributed by atoms with Crippen molar-refractivity contribution in [1.82, 2.24) is 16.0 Å². The maximum atomic E-state index is 12.6. The van der Waals surface area contributed by atoms with Crippen molar-refractivity contribution in [3.05, 3.63) is 63.7 Å². The van der Waals surface area contributed by atoms with Gasteiger partial charge in [0.15, 0.2) is 0 Å². The number of nitrogens with one attached hydrogen (secondary N) is 4. The molecule has 0 fully saturated rings. The standard InChI is InChI=1S/C23H30N6O7/c1-25-13-16-12-17(28-21(30)20(26-2)4-3-11-27-22(24)31)6-5-15(16)14-35-23(32)36-19-9-7-18(8-10-19)29(33)34/h5-10,12,20,25-26H,3-4,11,13-14H2,1-2H3,(H,28,30)(H3,24,27,31). The Balaban J connectivity index is 1.95. The molecule has 1 unspecified atom stereocenters. The number of urea groups is 1. The van der Waals surface area contributed by atoms with Gasteiger partial charge in [0.1, 0.15) is 12.4 Å². The second-order valence-corrected chi connectivity index (χ2v) is 7.67. The van der Waals surface area contributed by atoms with Gasteiger partial charge in [0.05, 0.1) is 11.0 Å². The van der Waals surface area contributed by atoms with E-state index in [1.807, 2.05) is 0 Å². The molecule has 1 atom stereocenters. The number of primary amides is 1. The number of nitro groups is 1. The van der Waals surface area contributed by atoms with E-state index < -0.39 is 23.2 Å². The van der Waals surface area contributed by atoms with Crippen LogP contribution in [-0.2, 0) is 22.7 Å². The molecule has 194 valence electrons. The average Bonchev–Trinajstić information content (AvgIpc) is 2.84. The lowest BCUT2D eigenvalue weighted by Crippen LogP contribution is -2.39. The first-order valence-electron chi connectivity index (χ1n) is 11.1. The van der Waals surface area contributed by atoms with Crippen LogP contribution in [0, 0.1) is 10.1 Å². The quantitative estimate of drug-likeness (QED) is 0.0897. The maximum absolute atomic E-state index is 12.6. The molecule has 13 heteroatoms. The van der Waals surface area contributed by atoms with Gasteiger partial charge in [-0.1, -0.05) is 6.07 Å². The minimum atomic E-state index is -0.959. The molecule has 0 saturated carbocycles. The smallest absolute Gasteiger partial charge is 0.429 e. The number of amides is 3. The van der Waals surface area contributed by atoms with Crippen molar-refractivity contribution >= 4 is 29.5 Å². The summed E-state index contributed by atoms with van der Waals surface area (Å²) >= 11 is 0. The van der Waals surface area contributed by atoms with Gasteiger partial charge in [0.25, 0.3) is 5.69 Å². The average molecular weight is 503 g/mol. The Kier molecular flexibility index (Phi) is 11.1. The molecule has 0 aliphatic carbocycles. The topological polar surface area (TPSA) is 187 Å². The summed E-state index contributed by atoms with van der Waals surface area (Å²) in [4.78, 5) is 45.6. The fourth-order valence-electron chi connectivity index (χ4n) is 3.25. The monoisotopic (exact) mass is 502 g/mol. The van der Waals surface area contributed by atoms with Crippen molar-refractivity contribution in [2.75, 3.05) is 26.0 Å². The van der Waals surface area contributed by atoms with Crippen LogP contribution in [0.15, 0.2) is 42.5 Å². The summed E-state index contributed by atoms with van der Waals surface area (Å²) in [6, 6.07) is 9.16. The van der Waals surface area contributed by atoms with Crippen LogP contribution in [0.2, 0.25) is 0 Å². The minimum Gasteiger partial charge on any atom is -0.429 e. The summed E-state index contributed by atoms with van der Waals surface area (Å²) in [5.74, 6) is -0.119. The third-order valence-electron chi connectivity index (χ3n) is 5.07. The van der Waals surface area contributed by atoms with Crippen molar-refractivity contribution < 1.29 is 28.8 Å². The molecule has 0 aliphatic heterocycles. The number of hydrogen-bond donors (Lipinski definition) is 5. The zero-order valence-corrected chi connectivity index (χ0v) is 20.0. The lowest BCUT2D eigenvalue weighted by Gasteiger charge is -2.17. The normalized spacial score (nSPS) is 11.3. The van der Waals surface area contributed by atoms with Gasteiger partial charge in [-0.05, 0) is 62.3 Å². The number of non-ortho nitro benzene ring substituents is 1. The summed E-state index contributed by atoms with van der Waals surface area (Å²) in [6.07, 6.45) is 0.104. The molecule has 0 aliphatic rings. The van der Waals surface area contributed by atoms with Gasteiger partial charge < -0.3 is 36.5 Å². The molecule has 2 aromatic carbocycles. The van der Waals surface area contributed by atoms with Gasteiger partial charge in [0, 0.05) is 30.9 Å². The molecule has 2 aromatic rings. The van der Waals surface area contributed by atoms with Crippen molar-refractivity contribution in [2.45, 2.75) is 32.0 Å². The predicted octanol–water partition coefficient (Wildman–Crippen LogP) is 2.00. The van der Waals surface area contributed by atoms with Gasteiger partial charge in [-0.25, -0.2) is 9.59 Å². The van der Waals surface area contributed by atoms with Gasteiger partial charge in [-0.2, -0.15) is 0 Å². The summed E-state index contributed by atoms with van der Waals surface area (Å²) in [7, 11) is 3.43. The molecule has 0 bridgehead atoms. The van der Waals surface area contributed by atoms with E-state index in [9.17, 15) is 24.5 Å². The summed E-state index contributed by atoms with van der Waals surface area (Å²) in [5, 5.41) is 22.0. The Bertz CT molecular complexity index is 1060. The van der Waals surface area contributed by atoms with E-state index in [0.717, 1.165) is 5.56 Å². The summed E-state index contributed by atoms with van der Waals surface area (Å²) < 4.78 is 10.2. The molecule has 0 heterocycles. The highest BCUT2D eigenvalue weighted by atomic mass is 16.7. The van der Waals surface area contributed by atoms with Gasteiger partial charge in [-0.3, -0.25) is 14.9 Å². The molecule has 3 amide bonds. The molecular weight excluding hydrogens is 472 g/mol. The fraction of sp³-hybridized carbons (Fsp3) is 0.348. The molecule has 13 nitrogen and oxygen atoms in total. The largest absolute Gasteiger partial charge is 0.514 e. The van der Waals surface area contributed by atoms with E-state index in [1.165, 1.54) is 24.3 Å². The third-order valence-corrected chi connectivity index (χ3v) is 5.07. The first-order valence-corrected chi connectivity index (χ1v) is 11.1. The molecular formula is C23H30N6O7. The van der Waals surface area contributed by atoms with Gasteiger partial charge >= 0.3 is 12.2 Å². The van der Waals surface area contributed by atoms with Crippen LogP contribution in [0.25, 0.3) is 0 Å². The first kappa shape index (κ1) is 28.0. The number of likely N-dealkylation sites (N-methyl/N-ethyl adjacent to an activating group) is 1. The zero-order chi connectivity index (χ0) is 26.5. The number of ether oxygens (including phenoxy) is 2. The lowest BCUT2D eigenvalue weighted by molar-refractivity contribution is -0.384. The Morgan fingerprint density at radius 3 is 2.42 bits per heavy atom. The number of carbonyl (C=O) groups excluding carboxylic acids is 3. The van der Waals surface area contributed by atoms with Crippen LogP contribution in [0.3, 0.4) is 0 Å². The zero-order valence-electron chi connectivity index (χ0n) is 20.0. The molecule has 0 spiro atoms. The van der Waals surface area contributed by atoms with E-state index >= 15 is 0 Å². The van der Waals surface area contributed by atoms with E-state index in [2.05, 4.69) is 21.3 Å². The second kappa shape index (κ2) is 14.2. The third kappa shape index (κ3) is 9.19. The molecule has 0 saturated heterocycles. The molecule has 6 N–H and O–H groups in total. The van der Waals surface area contributed by atoms with Gasteiger partial charge in [0.2, 0.25) is 5.91 Å². The number of benzene rings is 2. The van der Waals surface area contributed by atoms with E-state index in [0.29, 0.717) is 37.2 Å². The van der Waals surface area contributed by atoms with E-state index in [-0.39, 0.29) is 24.0 Å². The Labute approximate surface area is 207 Å². The molecule has 0 radical (unpaired) electrons. The van der Waals surface area contributed by atoms with Crippen LogP contribution in [0.5, 0.6) is 5.75 Å². The summed E-state index contributed by atoms with van der Waals surface area (Å²) in [6.45, 7) is 0.742. The first-order chi connectivity index (χ1) is 17.2. The Hall–Kier alpha value is -4.23. The number of rotatable bonds is 13.